The molecular weight excluding hydrogens is 352 g/mol. The van der Waals surface area contributed by atoms with Crippen LogP contribution in [0.15, 0.2) is 27.4 Å². The van der Waals surface area contributed by atoms with E-state index in [4.69, 9.17) is 16.0 Å². The summed E-state index contributed by atoms with van der Waals surface area (Å²) in [5.74, 6) is -3.03. The first-order valence-electron chi connectivity index (χ1n) is 7.46. The Hall–Kier alpha value is -2.81. The van der Waals surface area contributed by atoms with E-state index in [1.54, 1.807) is 26.0 Å². The molecule has 1 heterocycles. The maximum atomic E-state index is 11.8. The minimum Gasteiger partial charge on any atom is -0.408 e. The Morgan fingerprint density at radius 2 is 1.92 bits per heavy atom. The molecule has 1 aromatic carbocycles. The number of hydrogen-bond acceptors (Lipinski definition) is 5. The minimum absolute atomic E-state index is 0.0351. The number of aromatic nitrogens is 1. The van der Waals surface area contributed by atoms with Crippen LogP contribution < -0.4 is 21.9 Å². The number of hydrazine groups is 1. The van der Waals surface area contributed by atoms with Crippen molar-refractivity contribution in [1.82, 2.24) is 20.7 Å². The van der Waals surface area contributed by atoms with Crippen LogP contribution in [-0.4, -0.2) is 28.3 Å². The van der Waals surface area contributed by atoms with Gasteiger partial charge >= 0.3 is 17.6 Å². The molecule has 0 atom stereocenters. The molecule has 0 saturated heterocycles. The largest absolute Gasteiger partial charge is 0.419 e. The average Bonchev–Trinajstić information content (AvgIpc) is 2.84. The third kappa shape index (κ3) is 4.83. The van der Waals surface area contributed by atoms with Gasteiger partial charge in [-0.25, -0.2) is 4.79 Å². The Balaban J connectivity index is 1.90. The van der Waals surface area contributed by atoms with Crippen LogP contribution in [0.1, 0.15) is 20.3 Å². The van der Waals surface area contributed by atoms with Crippen LogP contribution in [0.5, 0.6) is 0 Å². The summed E-state index contributed by atoms with van der Waals surface area (Å²) in [6.07, 6.45) is -0.108. The summed E-state index contributed by atoms with van der Waals surface area (Å²) < 4.78 is 6.32. The fraction of sp³-hybridized carbons (Fsp3) is 0.333. The van der Waals surface area contributed by atoms with Crippen molar-refractivity contribution in [3.8, 4) is 0 Å². The number of rotatable bonds is 4. The maximum Gasteiger partial charge on any atom is 0.419 e. The number of carbonyl (C=O) groups is 3. The molecule has 3 amide bonds. The molecule has 3 N–H and O–H groups in total. The van der Waals surface area contributed by atoms with E-state index in [1.165, 1.54) is 10.6 Å². The molecule has 0 aliphatic carbocycles. The van der Waals surface area contributed by atoms with Crippen molar-refractivity contribution in [2.45, 2.75) is 32.9 Å². The first-order chi connectivity index (χ1) is 11.8. The third-order valence-corrected chi connectivity index (χ3v) is 3.37. The zero-order valence-corrected chi connectivity index (χ0v) is 14.3. The number of nitrogens with zero attached hydrogens (tertiary/aromatic N) is 1. The van der Waals surface area contributed by atoms with Gasteiger partial charge in [0.15, 0.2) is 5.58 Å². The monoisotopic (exact) mass is 368 g/mol. The molecule has 9 nitrogen and oxygen atoms in total. The molecule has 0 fully saturated rings. The quantitative estimate of drug-likeness (QED) is 0.529. The molecule has 1 aromatic heterocycles. The fourth-order valence-corrected chi connectivity index (χ4v) is 2.20. The van der Waals surface area contributed by atoms with Crippen molar-refractivity contribution in [3.63, 3.8) is 0 Å². The smallest absolute Gasteiger partial charge is 0.408 e. The molecule has 25 heavy (non-hydrogen) atoms. The Kier molecular flexibility index (Phi) is 5.81. The van der Waals surface area contributed by atoms with Crippen molar-refractivity contribution in [3.05, 3.63) is 33.8 Å². The van der Waals surface area contributed by atoms with Crippen LogP contribution in [0, 0.1) is 0 Å². The lowest BCUT2D eigenvalue weighted by Crippen LogP contribution is -2.49. The van der Waals surface area contributed by atoms with E-state index in [2.05, 4.69) is 10.7 Å². The summed E-state index contributed by atoms with van der Waals surface area (Å²) in [6, 6.07) is 4.51. The minimum atomic E-state index is -0.984. The van der Waals surface area contributed by atoms with Crippen LogP contribution in [0.25, 0.3) is 11.1 Å². The molecule has 10 heteroatoms. The molecule has 0 saturated carbocycles. The Labute approximate surface area is 147 Å². The van der Waals surface area contributed by atoms with Gasteiger partial charge in [0.1, 0.15) is 0 Å². The van der Waals surface area contributed by atoms with Gasteiger partial charge in [-0.15, -0.1) is 0 Å². The van der Waals surface area contributed by atoms with Gasteiger partial charge in [-0.3, -0.25) is 29.8 Å². The first-order valence-corrected chi connectivity index (χ1v) is 7.84. The molecule has 2 aromatic rings. The molecule has 0 aliphatic rings. The normalized spacial score (nSPS) is 10.7. The lowest BCUT2D eigenvalue weighted by molar-refractivity contribution is -0.141. The van der Waals surface area contributed by atoms with Gasteiger partial charge in [0.2, 0.25) is 5.91 Å². The van der Waals surface area contributed by atoms with Crippen molar-refractivity contribution in [1.29, 1.82) is 0 Å². The fourth-order valence-electron chi connectivity index (χ4n) is 2.04. The number of amides is 3. The van der Waals surface area contributed by atoms with Crippen molar-refractivity contribution >= 4 is 40.4 Å². The third-order valence-electron chi connectivity index (χ3n) is 3.13. The predicted molar refractivity (Wildman–Crippen MR) is 89.7 cm³/mol. The van der Waals surface area contributed by atoms with Crippen LogP contribution in [0.3, 0.4) is 0 Å². The number of benzene rings is 1. The van der Waals surface area contributed by atoms with Gasteiger partial charge in [-0.1, -0.05) is 11.6 Å². The van der Waals surface area contributed by atoms with Crippen molar-refractivity contribution < 1.29 is 18.8 Å². The van der Waals surface area contributed by atoms with Crippen LogP contribution >= 0.6 is 11.6 Å². The molecule has 0 unspecified atom stereocenters. The number of hydrogen-bond donors (Lipinski definition) is 3. The molecule has 0 aliphatic heterocycles. The van der Waals surface area contributed by atoms with Gasteiger partial charge in [0.25, 0.3) is 0 Å². The van der Waals surface area contributed by atoms with Gasteiger partial charge in [0, 0.05) is 30.1 Å². The SMILES string of the molecule is CC(C)NC(=O)C(=O)NNC(=O)CCn1c(=O)oc2cc(Cl)ccc21. The van der Waals surface area contributed by atoms with Crippen molar-refractivity contribution in [2.75, 3.05) is 0 Å². The summed E-state index contributed by atoms with van der Waals surface area (Å²) in [5, 5.41) is 2.81. The zero-order chi connectivity index (χ0) is 18.6. The molecule has 0 radical (unpaired) electrons. The van der Waals surface area contributed by atoms with Gasteiger partial charge in [-0.2, -0.15) is 0 Å². The Morgan fingerprint density at radius 1 is 1.20 bits per heavy atom. The number of oxazole rings is 1. The van der Waals surface area contributed by atoms with Crippen LogP contribution in [0.2, 0.25) is 5.02 Å². The molecule has 0 spiro atoms. The van der Waals surface area contributed by atoms with Crippen molar-refractivity contribution in [2.24, 2.45) is 0 Å². The lowest BCUT2D eigenvalue weighted by atomic mass is 10.3. The standard InChI is InChI=1S/C15H17ClN4O5/c1-8(2)17-13(22)14(23)19-18-12(21)5-6-20-10-4-3-9(16)7-11(10)25-15(20)24/h3-4,7-8H,5-6H2,1-2H3,(H,17,22)(H,18,21)(H,19,23). The number of fused-ring (bicyclic) bond motifs is 1. The highest BCUT2D eigenvalue weighted by Crippen LogP contribution is 2.18. The van der Waals surface area contributed by atoms with E-state index in [-0.39, 0.29) is 19.0 Å². The summed E-state index contributed by atoms with van der Waals surface area (Å²) in [6.45, 7) is 3.43. The van der Waals surface area contributed by atoms with E-state index < -0.39 is 23.5 Å². The Bertz CT molecular complexity index is 870. The first kappa shape index (κ1) is 18.5. The summed E-state index contributed by atoms with van der Waals surface area (Å²) in [4.78, 5) is 46.4. The van der Waals surface area contributed by atoms with Crippen LogP contribution in [-0.2, 0) is 20.9 Å². The second-order valence-electron chi connectivity index (χ2n) is 5.51. The van der Waals surface area contributed by atoms with E-state index in [1.807, 2.05) is 5.43 Å². The van der Waals surface area contributed by atoms with Crippen LogP contribution in [0.4, 0.5) is 0 Å². The second-order valence-corrected chi connectivity index (χ2v) is 5.95. The average molecular weight is 369 g/mol. The highest BCUT2D eigenvalue weighted by molar-refractivity contribution is 6.35. The molecule has 0 bridgehead atoms. The van der Waals surface area contributed by atoms with Gasteiger partial charge in [0.05, 0.1) is 5.52 Å². The second kappa shape index (κ2) is 7.84. The zero-order valence-electron chi connectivity index (χ0n) is 13.6. The molecule has 134 valence electrons. The lowest BCUT2D eigenvalue weighted by Gasteiger charge is -2.09. The van der Waals surface area contributed by atoms with E-state index in [9.17, 15) is 19.2 Å². The summed E-state index contributed by atoms with van der Waals surface area (Å²) in [7, 11) is 0. The number of aryl methyl sites for hydroxylation is 1. The summed E-state index contributed by atoms with van der Waals surface area (Å²) in [5.41, 5.74) is 4.93. The van der Waals surface area contributed by atoms with E-state index in [0.717, 1.165) is 0 Å². The molecule has 2 rings (SSSR count). The van der Waals surface area contributed by atoms with E-state index >= 15 is 0 Å². The van der Waals surface area contributed by atoms with Gasteiger partial charge in [-0.05, 0) is 26.0 Å². The number of halogens is 1. The highest BCUT2D eigenvalue weighted by atomic mass is 35.5. The number of carbonyl (C=O) groups excluding carboxylic acids is 3. The number of nitrogens with one attached hydrogen (secondary N) is 3. The Morgan fingerprint density at radius 3 is 2.60 bits per heavy atom. The maximum absolute atomic E-state index is 11.8. The van der Waals surface area contributed by atoms with Gasteiger partial charge < -0.3 is 9.73 Å². The van der Waals surface area contributed by atoms with E-state index in [0.29, 0.717) is 16.1 Å². The topological polar surface area (TPSA) is 122 Å². The highest BCUT2D eigenvalue weighted by Gasteiger charge is 2.15. The molecular formula is C15H17ClN4O5. The summed E-state index contributed by atoms with van der Waals surface area (Å²) >= 11 is 5.83. The predicted octanol–water partition coefficient (Wildman–Crippen LogP) is 0.310.